The van der Waals surface area contributed by atoms with E-state index in [1.165, 1.54) is 0 Å². The minimum atomic E-state index is -1.12. The molecule has 0 radical (unpaired) electrons. The van der Waals surface area contributed by atoms with Gasteiger partial charge in [0.1, 0.15) is 17.2 Å². The number of hydrogen-bond acceptors (Lipinski definition) is 5. The van der Waals surface area contributed by atoms with Crippen LogP contribution in [0.3, 0.4) is 0 Å². The first-order chi connectivity index (χ1) is 15.8. The number of esters is 1. The zero-order valence-corrected chi connectivity index (χ0v) is 19.0. The topological polar surface area (TPSA) is 59.0 Å². The summed E-state index contributed by atoms with van der Waals surface area (Å²) in [5.74, 6) is 1.43. The molecule has 5 nitrogen and oxygen atoms in total. The molecule has 1 saturated heterocycles. The molecule has 0 saturated carbocycles. The number of carbonyl (C=O) groups excluding carboxylic acids is 1. The molecule has 6 rings (SSSR count). The average Bonchev–Trinajstić information content (AvgIpc) is 3.05. The molecule has 33 heavy (non-hydrogen) atoms. The number of phenols is 1. The van der Waals surface area contributed by atoms with Crippen LogP contribution in [0.2, 0.25) is 0 Å². The molecule has 166 valence electrons. The maximum atomic E-state index is 13.2. The van der Waals surface area contributed by atoms with Gasteiger partial charge in [-0.3, -0.25) is 0 Å². The Kier molecular flexibility index (Phi) is 4.01. The monoisotopic (exact) mass is 439 g/mol. The zero-order valence-electron chi connectivity index (χ0n) is 19.0. The maximum absolute atomic E-state index is 13.2. The number of phenolic OH excluding ortho intramolecular Hbond substituents is 1. The molecule has 3 aromatic rings. The summed E-state index contributed by atoms with van der Waals surface area (Å²) in [4.78, 5) is 15.2. The standard InChI is InChI=1S/C28H25NO4/c1-15-12-19-22(13-16(15)2)28(33-27(19)31)20-11-9-18(29(3)4)14-24(20)32-26-21(28)10-8-17-6-5-7-23(30)25(17)26/h5-16,30H,1-4H3. The maximum Gasteiger partial charge on any atom is 0.339 e. The Morgan fingerprint density at radius 1 is 0.970 bits per heavy atom. The summed E-state index contributed by atoms with van der Waals surface area (Å²) in [6.07, 6.45) is 4.19. The van der Waals surface area contributed by atoms with Crippen LogP contribution in [0, 0.1) is 11.8 Å². The minimum absolute atomic E-state index is 0.131. The highest BCUT2D eigenvalue weighted by molar-refractivity contribution is 6.02. The van der Waals surface area contributed by atoms with E-state index < -0.39 is 5.60 Å². The first kappa shape index (κ1) is 19.9. The van der Waals surface area contributed by atoms with Crippen LogP contribution in [0.5, 0.6) is 17.2 Å². The van der Waals surface area contributed by atoms with Gasteiger partial charge in [0.2, 0.25) is 0 Å². The van der Waals surface area contributed by atoms with Gasteiger partial charge >= 0.3 is 5.97 Å². The molecule has 0 bridgehead atoms. The summed E-state index contributed by atoms with van der Waals surface area (Å²) in [7, 11) is 3.94. The molecular formula is C28H25NO4. The van der Waals surface area contributed by atoms with Crippen LogP contribution in [-0.2, 0) is 15.1 Å². The Balaban J connectivity index is 1.73. The summed E-state index contributed by atoms with van der Waals surface area (Å²) in [5.41, 5.74) is 2.84. The second kappa shape index (κ2) is 6.64. The van der Waals surface area contributed by atoms with Gasteiger partial charge in [-0.15, -0.1) is 0 Å². The Morgan fingerprint density at radius 3 is 2.52 bits per heavy atom. The van der Waals surface area contributed by atoms with Crippen molar-refractivity contribution >= 4 is 22.4 Å². The number of rotatable bonds is 1. The van der Waals surface area contributed by atoms with E-state index in [1.54, 1.807) is 6.07 Å². The van der Waals surface area contributed by atoms with Crippen LogP contribution >= 0.6 is 0 Å². The molecule has 1 spiro atoms. The summed E-state index contributed by atoms with van der Waals surface area (Å²) < 4.78 is 12.8. The lowest BCUT2D eigenvalue weighted by Crippen LogP contribution is -2.33. The molecule has 1 N–H and O–H groups in total. The summed E-state index contributed by atoms with van der Waals surface area (Å²) in [5, 5.41) is 12.3. The van der Waals surface area contributed by atoms with E-state index in [-0.39, 0.29) is 23.6 Å². The number of carbonyl (C=O) groups is 1. The molecule has 5 heteroatoms. The summed E-state index contributed by atoms with van der Waals surface area (Å²) in [6, 6.07) is 15.3. The van der Waals surface area contributed by atoms with Gasteiger partial charge in [-0.25, -0.2) is 4.79 Å². The number of anilines is 1. The van der Waals surface area contributed by atoms with Crippen LogP contribution in [0.1, 0.15) is 25.0 Å². The predicted octanol–water partition coefficient (Wildman–Crippen LogP) is 5.66. The molecule has 0 amide bonds. The third-order valence-corrected chi connectivity index (χ3v) is 7.25. The molecule has 2 aliphatic heterocycles. The van der Waals surface area contributed by atoms with Crippen LogP contribution < -0.4 is 9.64 Å². The average molecular weight is 440 g/mol. The number of aromatic hydroxyl groups is 1. The normalized spacial score (nSPS) is 24.9. The Bertz CT molecular complexity index is 1420. The molecule has 1 aliphatic carbocycles. The van der Waals surface area contributed by atoms with Crippen molar-refractivity contribution in [1.82, 2.24) is 0 Å². The van der Waals surface area contributed by atoms with Crippen LogP contribution in [-0.4, -0.2) is 25.2 Å². The zero-order chi connectivity index (χ0) is 23.1. The highest BCUT2D eigenvalue weighted by atomic mass is 16.6. The van der Waals surface area contributed by atoms with E-state index in [4.69, 9.17) is 9.47 Å². The number of fused-ring (bicyclic) bond motifs is 8. The number of allylic oxidation sites excluding steroid dienone is 2. The van der Waals surface area contributed by atoms with Crippen LogP contribution in [0.15, 0.2) is 71.8 Å². The van der Waals surface area contributed by atoms with E-state index in [2.05, 4.69) is 19.9 Å². The van der Waals surface area contributed by atoms with Gasteiger partial charge < -0.3 is 19.5 Å². The van der Waals surface area contributed by atoms with Crippen molar-refractivity contribution in [3.05, 3.63) is 83.0 Å². The predicted molar refractivity (Wildman–Crippen MR) is 128 cm³/mol. The van der Waals surface area contributed by atoms with Crippen LogP contribution in [0.25, 0.3) is 10.8 Å². The largest absolute Gasteiger partial charge is 0.507 e. The fourth-order valence-corrected chi connectivity index (χ4v) is 5.27. The van der Waals surface area contributed by atoms with Gasteiger partial charge in [-0.1, -0.05) is 44.2 Å². The summed E-state index contributed by atoms with van der Waals surface area (Å²) in [6.45, 7) is 4.27. The van der Waals surface area contributed by atoms with Gasteiger partial charge in [-0.05, 0) is 41.5 Å². The number of nitrogens with zero attached hydrogens (tertiary/aromatic N) is 1. The highest BCUT2D eigenvalue weighted by Crippen LogP contribution is 2.60. The first-order valence-electron chi connectivity index (χ1n) is 11.2. The van der Waals surface area contributed by atoms with Crippen molar-refractivity contribution < 1.29 is 19.4 Å². The number of ether oxygens (including phenoxy) is 2. The molecule has 0 aromatic heterocycles. The third kappa shape index (κ3) is 2.56. The lowest BCUT2D eigenvalue weighted by atomic mass is 9.72. The quantitative estimate of drug-likeness (QED) is 0.496. The van der Waals surface area contributed by atoms with E-state index in [0.29, 0.717) is 22.5 Å². The second-order valence-electron chi connectivity index (χ2n) is 9.44. The first-order valence-corrected chi connectivity index (χ1v) is 11.2. The van der Waals surface area contributed by atoms with Crippen molar-refractivity contribution in [3.8, 4) is 17.2 Å². The van der Waals surface area contributed by atoms with Gasteiger partial charge in [0.25, 0.3) is 0 Å². The Morgan fingerprint density at radius 2 is 1.73 bits per heavy atom. The lowest BCUT2D eigenvalue weighted by molar-refractivity contribution is -0.143. The third-order valence-electron chi connectivity index (χ3n) is 7.25. The van der Waals surface area contributed by atoms with Gasteiger partial charge in [-0.2, -0.15) is 0 Å². The smallest absolute Gasteiger partial charge is 0.339 e. The van der Waals surface area contributed by atoms with E-state index in [9.17, 15) is 9.90 Å². The number of hydrogen-bond donors (Lipinski definition) is 1. The van der Waals surface area contributed by atoms with Crippen LogP contribution in [0.4, 0.5) is 5.69 Å². The Hall–Kier alpha value is -3.73. The van der Waals surface area contributed by atoms with Crippen molar-refractivity contribution in [3.63, 3.8) is 0 Å². The molecule has 3 aliphatic rings. The van der Waals surface area contributed by atoms with E-state index in [1.807, 2.05) is 67.5 Å². The fraction of sp³-hybridized carbons (Fsp3) is 0.250. The molecule has 3 atom stereocenters. The van der Waals surface area contributed by atoms with E-state index >= 15 is 0 Å². The van der Waals surface area contributed by atoms with Gasteiger partial charge in [0.05, 0.1) is 11.0 Å². The van der Waals surface area contributed by atoms with Gasteiger partial charge in [0.15, 0.2) is 5.60 Å². The summed E-state index contributed by atoms with van der Waals surface area (Å²) >= 11 is 0. The van der Waals surface area contributed by atoms with Crippen molar-refractivity contribution in [2.45, 2.75) is 19.4 Å². The molecule has 3 aromatic carbocycles. The lowest BCUT2D eigenvalue weighted by Gasteiger charge is -2.38. The van der Waals surface area contributed by atoms with Gasteiger partial charge in [0, 0.05) is 42.5 Å². The minimum Gasteiger partial charge on any atom is -0.507 e. The van der Waals surface area contributed by atoms with Crippen molar-refractivity contribution in [2.24, 2.45) is 11.8 Å². The number of benzene rings is 3. The Labute approximate surface area is 192 Å². The van der Waals surface area contributed by atoms with Crippen molar-refractivity contribution in [2.75, 3.05) is 19.0 Å². The SMILES string of the molecule is CC1C=C2C(=O)OC3(C2=CC1C)c1ccc(N(C)C)cc1Oc1c3ccc2cccc(O)c12. The van der Waals surface area contributed by atoms with Crippen molar-refractivity contribution in [1.29, 1.82) is 0 Å². The molecule has 1 fully saturated rings. The van der Waals surface area contributed by atoms with E-state index in [0.717, 1.165) is 27.8 Å². The highest BCUT2D eigenvalue weighted by Gasteiger charge is 2.57. The molecule has 2 heterocycles. The fourth-order valence-electron chi connectivity index (χ4n) is 5.27. The molecule has 3 unspecified atom stereocenters. The second-order valence-corrected chi connectivity index (χ2v) is 9.44. The molecular weight excluding hydrogens is 414 g/mol.